The van der Waals surface area contributed by atoms with Crippen LogP contribution in [-0.2, 0) is 4.79 Å². The van der Waals surface area contributed by atoms with E-state index in [2.05, 4.69) is 5.32 Å². The Morgan fingerprint density at radius 3 is 3.18 bits per heavy atom. The van der Waals surface area contributed by atoms with Crippen molar-refractivity contribution in [3.8, 4) is 0 Å². The Bertz CT molecular complexity index is 167. The summed E-state index contributed by atoms with van der Waals surface area (Å²) >= 11 is 0. The van der Waals surface area contributed by atoms with Crippen LogP contribution in [0.4, 0.5) is 0 Å². The second-order valence-corrected chi connectivity index (χ2v) is 3.74. The van der Waals surface area contributed by atoms with Gasteiger partial charge in [0.25, 0.3) is 0 Å². The van der Waals surface area contributed by atoms with Crippen molar-refractivity contribution >= 4 is 5.78 Å². The lowest BCUT2D eigenvalue weighted by Crippen LogP contribution is -2.25. The predicted octanol–water partition coefficient (Wildman–Crippen LogP) is 1.11. The summed E-state index contributed by atoms with van der Waals surface area (Å²) in [4.78, 5) is 11.2. The van der Waals surface area contributed by atoms with E-state index in [0.29, 0.717) is 17.7 Å². The highest BCUT2D eigenvalue weighted by Gasteiger charge is 2.30. The van der Waals surface area contributed by atoms with Crippen LogP contribution in [0, 0.1) is 5.92 Å². The van der Waals surface area contributed by atoms with E-state index < -0.39 is 0 Å². The van der Waals surface area contributed by atoms with Crippen molar-refractivity contribution in [3.63, 3.8) is 0 Å². The van der Waals surface area contributed by atoms with Gasteiger partial charge in [0.15, 0.2) is 0 Å². The third-order valence-electron chi connectivity index (χ3n) is 2.95. The topological polar surface area (TPSA) is 29.1 Å². The minimum Gasteiger partial charge on any atom is -0.314 e. The molecule has 2 atom stereocenters. The van der Waals surface area contributed by atoms with Crippen molar-refractivity contribution in [2.45, 2.75) is 38.1 Å². The molecule has 1 aliphatic carbocycles. The molecule has 2 fully saturated rings. The molecule has 2 heteroatoms. The lowest BCUT2D eigenvalue weighted by Gasteiger charge is -2.13. The van der Waals surface area contributed by atoms with Crippen molar-refractivity contribution in [2.75, 3.05) is 6.54 Å². The highest BCUT2D eigenvalue weighted by Crippen LogP contribution is 2.27. The Hall–Kier alpha value is -0.370. The van der Waals surface area contributed by atoms with Crippen molar-refractivity contribution in [1.82, 2.24) is 5.32 Å². The summed E-state index contributed by atoms with van der Waals surface area (Å²) in [5.74, 6) is 1.16. The van der Waals surface area contributed by atoms with E-state index in [9.17, 15) is 4.79 Å². The molecule has 2 rings (SSSR count). The lowest BCUT2D eigenvalue weighted by molar-refractivity contribution is -0.119. The third kappa shape index (κ3) is 1.45. The second kappa shape index (κ2) is 2.94. The first kappa shape index (κ1) is 7.29. The zero-order valence-electron chi connectivity index (χ0n) is 6.81. The first-order valence-electron chi connectivity index (χ1n) is 4.61. The Morgan fingerprint density at radius 2 is 2.27 bits per heavy atom. The maximum absolute atomic E-state index is 11.2. The van der Waals surface area contributed by atoms with Crippen LogP contribution in [0.2, 0.25) is 0 Å². The molecule has 0 radical (unpaired) electrons. The zero-order valence-corrected chi connectivity index (χ0v) is 6.81. The van der Waals surface area contributed by atoms with Gasteiger partial charge >= 0.3 is 0 Å². The maximum atomic E-state index is 11.2. The van der Waals surface area contributed by atoms with Crippen LogP contribution in [0.25, 0.3) is 0 Å². The summed E-state index contributed by atoms with van der Waals surface area (Å²) in [5.41, 5.74) is 0. The number of Topliss-reactive ketones (excluding diaryl/α,β-unsaturated/α-hetero) is 1. The van der Waals surface area contributed by atoms with Gasteiger partial charge in [-0.1, -0.05) is 0 Å². The molecule has 11 heavy (non-hydrogen) atoms. The number of hydrogen-bond acceptors (Lipinski definition) is 2. The molecule has 1 aliphatic heterocycles. The van der Waals surface area contributed by atoms with Gasteiger partial charge in [0.2, 0.25) is 0 Å². The molecule has 0 aromatic heterocycles. The summed E-state index contributed by atoms with van der Waals surface area (Å²) in [6, 6.07) is 0.668. The number of fused-ring (bicyclic) bond motifs is 1. The molecule has 2 unspecified atom stereocenters. The van der Waals surface area contributed by atoms with Gasteiger partial charge in [0.1, 0.15) is 5.78 Å². The van der Waals surface area contributed by atoms with Gasteiger partial charge in [-0.25, -0.2) is 0 Å². The molecular formula is C9H15NO. The Balaban J connectivity index is 2.03. The van der Waals surface area contributed by atoms with Crippen LogP contribution in [0.3, 0.4) is 0 Å². The highest BCUT2D eigenvalue weighted by molar-refractivity contribution is 5.79. The summed E-state index contributed by atoms with van der Waals surface area (Å²) in [7, 11) is 0. The fraction of sp³-hybridized carbons (Fsp3) is 0.889. The number of ketones is 1. The number of rotatable bonds is 0. The lowest BCUT2D eigenvalue weighted by atomic mass is 9.96. The van der Waals surface area contributed by atoms with Crippen molar-refractivity contribution < 1.29 is 4.79 Å². The van der Waals surface area contributed by atoms with E-state index in [1.165, 1.54) is 12.8 Å². The first-order valence-corrected chi connectivity index (χ1v) is 4.61. The largest absolute Gasteiger partial charge is 0.314 e. The third-order valence-corrected chi connectivity index (χ3v) is 2.95. The predicted molar refractivity (Wildman–Crippen MR) is 43.4 cm³/mol. The van der Waals surface area contributed by atoms with Crippen LogP contribution < -0.4 is 5.32 Å². The van der Waals surface area contributed by atoms with E-state index in [1.807, 2.05) is 0 Å². The molecule has 0 aromatic rings. The van der Waals surface area contributed by atoms with Crippen LogP contribution in [0.1, 0.15) is 32.1 Å². The van der Waals surface area contributed by atoms with Gasteiger partial charge in [-0.15, -0.1) is 0 Å². The van der Waals surface area contributed by atoms with Crippen LogP contribution in [0.5, 0.6) is 0 Å². The normalized spacial score (nSPS) is 38.4. The van der Waals surface area contributed by atoms with Crippen molar-refractivity contribution in [1.29, 1.82) is 0 Å². The monoisotopic (exact) mass is 153 g/mol. The molecule has 1 heterocycles. The molecule has 2 nitrogen and oxygen atoms in total. The quantitative estimate of drug-likeness (QED) is 0.564. The highest BCUT2D eigenvalue weighted by atomic mass is 16.1. The van der Waals surface area contributed by atoms with E-state index in [4.69, 9.17) is 0 Å². The second-order valence-electron chi connectivity index (χ2n) is 3.74. The molecule has 1 saturated heterocycles. The van der Waals surface area contributed by atoms with E-state index in [1.54, 1.807) is 0 Å². The van der Waals surface area contributed by atoms with Gasteiger partial charge in [-0.05, 0) is 31.7 Å². The summed E-state index contributed by atoms with van der Waals surface area (Å²) in [6.45, 7) is 1.13. The molecule has 2 aliphatic rings. The molecular weight excluding hydrogens is 138 g/mol. The summed E-state index contributed by atoms with van der Waals surface area (Å²) in [5, 5.41) is 3.47. The molecule has 62 valence electrons. The molecule has 0 spiro atoms. The minimum atomic E-state index is 0.487. The molecule has 0 aromatic carbocycles. The van der Waals surface area contributed by atoms with E-state index in [0.717, 1.165) is 25.8 Å². The average molecular weight is 153 g/mol. The molecule has 1 saturated carbocycles. The fourth-order valence-corrected chi connectivity index (χ4v) is 2.32. The molecule has 0 bridgehead atoms. The zero-order chi connectivity index (χ0) is 7.68. The van der Waals surface area contributed by atoms with Gasteiger partial charge in [-0.2, -0.15) is 0 Å². The maximum Gasteiger partial charge on any atom is 0.133 e. The number of carbonyl (C=O) groups excluding carboxylic acids is 1. The number of nitrogens with one attached hydrogen (secondary N) is 1. The van der Waals surface area contributed by atoms with E-state index >= 15 is 0 Å². The number of hydrogen-bond donors (Lipinski definition) is 1. The Kier molecular flexibility index (Phi) is 1.95. The average Bonchev–Trinajstić information content (AvgIpc) is 2.31. The first-order chi connectivity index (χ1) is 5.36. The van der Waals surface area contributed by atoms with Crippen LogP contribution in [0.15, 0.2) is 0 Å². The van der Waals surface area contributed by atoms with Crippen molar-refractivity contribution in [2.24, 2.45) is 5.92 Å². The molecule has 1 N–H and O–H groups in total. The van der Waals surface area contributed by atoms with Gasteiger partial charge in [-0.3, -0.25) is 4.79 Å². The van der Waals surface area contributed by atoms with Crippen LogP contribution in [-0.4, -0.2) is 18.4 Å². The number of carbonyl (C=O) groups is 1. The Morgan fingerprint density at radius 1 is 1.36 bits per heavy atom. The summed E-state index contributed by atoms with van der Waals surface area (Å²) < 4.78 is 0. The van der Waals surface area contributed by atoms with Gasteiger partial charge < -0.3 is 5.32 Å². The van der Waals surface area contributed by atoms with Crippen molar-refractivity contribution in [3.05, 3.63) is 0 Å². The van der Waals surface area contributed by atoms with Gasteiger partial charge in [0, 0.05) is 18.9 Å². The minimum absolute atomic E-state index is 0.487. The Labute approximate surface area is 67.4 Å². The fourth-order valence-electron chi connectivity index (χ4n) is 2.32. The van der Waals surface area contributed by atoms with E-state index in [-0.39, 0.29) is 0 Å². The SMILES string of the molecule is O=C1CCCC2NCCC2C1. The standard InChI is InChI=1S/C9H15NO/c11-8-2-1-3-9-7(6-8)4-5-10-9/h7,9-10H,1-6H2. The molecule has 0 amide bonds. The smallest absolute Gasteiger partial charge is 0.133 e. The van der Waals surface area contributed by atoms with Crippen LogP contribution >= 0.6 is 0 Å². The van der Waals surface area contributed by atoms with Gasteiger partial charge in [0.05, 0.1) is 0 Å². The summed E-state index contributed by atoms with van der Waals surface area (Å²) in [6.07, 6.45) is 5.21.